The van der Waals surface area contributed by atoms with Crippen molar-refractivity contribution < 1.29 is 9.47 Å². The van der Waals surface area contributed by atoms with E-state index in [4.69, 9.17) is 9.47 Å². The Morgan fingerprint density at radius 3 is 2.50 bits per heavy atom. The minimum atomic E-state index is 0.0881. The lowest BCUT2D eigenvalue weighted by molar-refractivity contribution is 0.399. The van der Waals surface area contributed by atoms with E-state index in [0.717, 1.165) is 20.8 Å². The first kappa shape index (κ1) is 13.9. The summed E-state index contributed by atoms with van der Waals surface area (Å²) in [6.07, 6.45) is 0. The molecular formula is C13H12Br2O2S. The molecule has 18 heavy (non-hydrogen) atoms. The number of alkyl halides is 1. The van der Waals surface area contributed by atoms with Crippen LogP contribution in [-0.4, -0.2) is 14.2 Å². The van der Waals surface area contributed by atoms with Gasteiger partial charge in [0, 0.05) is 5.56 Å². The topological polar surface area (TPSA) is 18.5 Å². The Bertz CT molecular complexity index is 540. The Hall–Kier alpha value is -0.520. The Balaban J connectivity index is 2.41. The van der Waals surface area contributed by atoms with E-state index in [1.807, 2.05) is 18.2 Å². The van der Waals surface area contributed by atoms with Crippen LogP contribution in [0.25, 0.3) is 0 Å². The molecule has 1 unspecified atom stereocenters. The van der Waals surface area contributed by atoms with E-state index in [1.165, 1.54) is 5.56 Å². The van der Waals surface area contributed by atoms with Crippen LogP contribution in [0, 0.1) is 0 Å². The van der Waals surface area contributed by atoms with E-state index in [-0.39, 0.29) is 4.83 Å². The van der Waals surface area contributed by atoms with E-state index in [9.17, 15) is 0 Å². The minimum Gasteiger partial charge on any atom is -0.497 e. The predicted octanol–water partition coefficient (Wildman–Crippen LogP) is 5.01. The van der Waals surface area contributed by atoms with Crippen LogP contribution in [-0.2, 0) is 0 Å². The second-order valence-electron chi connectivity index (χ2n) is 3.65. The van der Waals surface area contributed by atoms with Crippen molar-refractivity contribution >= 4 is 43.2 Å². The summed E-state index contributed by atoms with van der Waals surface area (Å²) in [6.45, 7) is 0. The number of ether oxygens (including phenoxy) is 2. The molecular weight excluding hydrogens is 380 g/mol. The number of hydrogen-bond acceptors (Lipinski definition) is 3. The van der Waals surface area contributed by atoms with Crippen molar-refractivity contribution in [3.05, 3.63) is 44.6 Å². The zero-order valence-electron chi connectivity index (χ0n) is 9.94. The van der Waals surface area contributed by atoms with Crippen LogP contribution in [0.4, 0.5) is 0 Å². The van der Waals surface area contributed by atoms with Gasteiger partial charge >= 0.3 is 0 Å². The van der Waals surface area contributed by atoms with Gasteiger partial charge in [-0.05, 0) is 51.1 Å². The summed E-state index contributed by atoms with van der Waals surface area (Å²) < 4.78 is 11.8. The van der Waals surface area contributed by atoms with Gasteiger partial charge in [-0.3, -0.25) is 0 Å². The second-order valence-corrected chi connectivity index (χ2v) is 6.86. The van der Waals surface area contributed by atoms with Gasteiger partial charge < -0.3 is 9.47 Å². The largest absolute Gasteiger partial charge is 0.497 e. The molecule has 0 saturated heterocycles. The van der Waals surface area contributed by atoms with E-state index >= 15 is 0 Å². The molecule has 0 spiro atoms. The van der Waals surface area contributed by atoms with Crippen LogP contribution in [0.2, 0.25) is 0 Å². The van der Waals surface area contributed by atoms with Crippen molar-refractivity contribution in [1.29, 1.82) is 0 Å². The molecule has 2 rings (SSSR count). The third-order valence-electron chi connectivity index (χ3n) is 2.59. The first-order valence-electron chi connectivity index (χ1n) is 5.25. The van der Waals surface area contributed by atoms with Gasteiger partial charge in [-0.25, -0.2) is 0 Å². The normalized spacial score (nSPS) is 12.2. The van der Waals surface area contributed by atoms with Gasteiger partial charge in [0.15, 0.2) is 0 Å². The highest BCUT2D eigenvalue weighted by atomic mass is 79.9. The fraction of sp³-hybridized carbons (Fsp3) is 0.231. The molecule has 0 aliphatic heterocycles. The molecule has 0 N–H and O–H groups in total. The average Bonchev–Trinajstić information content (AvgIpc) is 2.83. The maximum atomic E-state index is 5.40. The van der Waals surface area contributed by atoms with Crippen molar-refractivity contribution in [3.8, 4) is 11.5 Å². The van der Waals surface area contributed by atoms with Gasteiger partial charge in [0.05, 0.1) is 22.8 Å². The summed E-state index contributed by atoms with van der Waals surface area (Å²) in [5.41, 5.74) is 2.25. The summed E-state index contributed by atoms with van der Waals surface area (Å²) >= 11 is 8.86. The number of benzene rings is 1. The summed E-state index contributed by atoms with van der Waals surface area (Å²) in [5.74, 6) is 1.67. The smallest absolute Gasteiger partial charge is 0.123 e. The van der Waals surface area contributed by atoms with Crippen LogP contribution in [0.1, 0.15) is 16.0 Å². The Labute approximate surface area is 127 Å². The van der Waals surface area contributed by atoms with Crippen LogP contribution < -0.4 is 9.47 Å². The lowest BCUT2D eigenvalue weighted by Crippen LogP contribution is -1.97. The fourth-order valence-electron chi connectivity index (χ4n) is 1.67. The third-order valence-corrected chi connectivity index (χ3v) is 5.13. The van der Waals surface area contributed by atoms with Gasteiger partial charge in [0.2, 0.25) is 0 Å². The molecule has 96 valence electrons. The van der Waals surface area contributed by atoms with Crippen molar-refractivity contribution in [3.63, 3.8) is 0 Å². The molecule has 2 aromatic rings. The summed E-state index contributed by atoms with van der Waals surface area (Å²) in [4.78, 5) is 0.0881. The minimum absolute atomic E-state index is 0.0881. The number of hydrogen-bond donors (Lipinski definition) is 0. The number of methoxy groups -OCH3 is 2. The highest BCUT2D eigenvalue weighted by Crippen LogP contribution is 2.40. The van der Waals surface area contributed by atoms with Crippen LogP contribution in [0.15, 0.2) is 33.4 Å². The Morgan fingerprint density at radius 2 is 1.94 bits per heavy atom. The van der Waals surface area contributed by atoms with Gasteiger partial charge in [-0.1, -0.05) is 15.9 Å². The zero-order chi connectivity index (χ0) is 13.1. The average molecular weight is 392 g/mol. The molecule has 1 heterocycles. The lowest BCUT2D eigenvalue weighted by Gasteiger charge is -2.14. The number of rotatable bonds is 4. The van der Waals surface area contributed by atoms with Crippen molar-refractivity contribution in [2.24, 2.45) is 0 Å². The Morgan fingerprint density at radius 1 is 1.17 bits per heavy atom. The van der Waals surface area contributed by atoms with Crippen molar-refractivity contribution in [2.75, 3.05) is 14.2 Å². The molecule has 0 bridgehead atoms. The molecule has 5 heteroatoms. The van der Waals surface area contributed by atoms with E-state index < -0.39 is 0 Å². The van der Waals surface area contributed by atoms with Crippen molar-refractivity contribution in [1.82, 2.24) is 0 Å². The predicted molar refractivity (Wildman–Crippen MR) is 82.3 cm³/mol. The lowest BCUT2D eigenvalue weighted by atomic mass is 10.1. The van der Waals surface area contributed by atoms with Gasteiger partial charge in [-0.15, -0.1) is 11.3 Å². The summed E-state index contributed by atoms with van der Waals surface area (Å²) in [6, 6.07) is 7.91. The van der Waals surface area contributed by atoms with Crippen LogP contribution >= 0.6 is 43.2 Å². The number of halogens is 2. The van der Waals surface area contributed by atoms with E-state index in [1.54, 1.807) is 25.6 Å². The number of thiophene rings is 1. The summed E-state index contributed by atoms with van der Waals surface area (Å²) in [5, 5.41) is 2.11. The molecule has 2 nitrogen and oxygen atoms in total. The summed E-state index contributed by atoms with van der Waals surface area (Å²) in [7, 11) is 3.34. The molecule has 0 aliphatic carbocycles. The van der Waals surface area contributed by atoms with E-state index in [2.05, 4.69) is 43.3 Å². The molecule has 0 radical (unpaired) electrons. The van der Waals surface area contributed by atoms with Crippen LogP contribution in [0.5, 0.6) is 11.5 Å². The van der Waals surface area contributed by atoms with Gasteiger partial charge in [0.25, 0.3) is 0 Å². The molecule has 1 aromatic heterocycles. The van der Waals surface area contributed by atoms with E-state index in [0.29, 0.717) is 0 Å². The SMILES string of the molecule is COc1ccc(OC)c(C(Br)c2csc(Br)c2)c1. The zero-order valence-corrected chi connectivity index (χ0v) is 13.9. The molecule has 1 aromatic carbocycles. The van der Waals surface area contributed by atoms with Gasteiger partial charge in [0.1, 0.15) is 11.5 Å². The second kappa shape index (κ2) is 6.08. The highest BCUT2D eigenvalue weighted by molar-refractivity contribution is 9.11. The molecule has 1 atom stereocenters. The fourth-order valence-corrected chi connectivity index (χ4v) is 3.67. The highest BCUT2D eigenvalue weighted by Gasteiger charge is 2.17. The molecule has 0 aliphatic rings. The van der Waals surface area contributed by atoms with Crippen LogP contribution in [0.3, 0.4) is 0 Å². The maximum absolute atomic E-state index is 5.40. The standard InChI is InChI=1S/C13H12Br2O2S/c1-16-9-3-4-11(17-2)10(6-9)13(15)8-5-12(14)18-7-8/h3-7,13H,1-2H3. The quantitative estimate of drug-likeness (QED) is 0.681. The third kappa shape index (κ3) is 2.90. The first-order chi connectivity index (χ1) is 8.65. The molecule has 0 saturated carbocycles. The monoisotopic (exact) mass is 390 g/mol. The molecule has 0 fully saturated rings. The molecule has 0 amide bonds. The maximum Gasteiger partial charge on any atom is 0.123 e. The van der Waals surface area contributed by atoms with Gasteiger partial charge in [-0.2, -0.15) is 0 Å². The Kier molecular flexibility index (Phi) is 4.70. The van der Waals surface area contributed by atoms with Crippen molar-refractivity contribution in [2.45, 2.75) is 4.83 Å². The first-order valence-corrected chi connectivity index (χ1v) is 7.84.